The number of hydrogen-bond acceptors (Lipinski definition) is 10. The third-order valence-electron chi connectivity index (χ3n) is 18.9. The molecule has 2 aliphatic heterocycles. The molecule has 0 atom stereocenters. The number of hydrogen-bond donors (Lipinski definition) is 0. The van der Waals surface area contributed by atoms with E-state index in [0.717, 1.165) is 61.7 Å². The summed E-state index contributed by atoms with van der Waals surface area (Å²) in [6, 6.07) is 58.4. The number of anilines is 4. The van der Waals surface area contributed by atoms with Crippen LogP contribution in [-0.4, -0.2) is 35.0 Å². The maximum absolute atomic E-state index is 5.08. The van der Waals surface area contributed by atoms with Crippen molar-refractivity contribution in [3.05, 3.63) is 303 Å². The minimum absolute atomic E-state index is 0. The molecule has 1 aliphatic carbocycles. The molecule has 0 unspecified atom stereocenters. The minimum Gasteiger partial charge on any atom is -0.479 e. The van der Waals surface area contributed by atoms with Gasteiger partial charge < -0.3 is 29.0 Å². The van der Waals surface area contributed by atoms with Gasteiger partial charge in [-0.25, -0.2) is 4.98 Å². The van der Waals surface area contributed by atoms with Gasteiger partial charge in [-0.05, 0) is 205 Å². The van der Waals surface area contributed by atoms with Gasteiger partial charge in [-0.3, -0.25) is 0 Å². The largest absolute Gasteiger partial charge is 0.479 e. The summed E-state index contributed by atoms with van der Waals surface area (Å²) >= 11 is 1.71. The van der Waals surface area contributed by atoms with E-state index in [0.29, 0.717) is 13.1 Å². The van der Waals surface area contributed by atoms with Crippen molar-refractivity contribution in [2.75, 3.05) is 19.6 Å². The molecule has 14 heteroatoms. The monoisotopic (exact) mass is 1670 g/mol. The summed E-state index contributed by atoms with van der Waals surface area (Å²) in [6.07, 6.45) is 17.3. The molecule has 2 radical (unpaired) electrons. The normalized spacial score (nSPS) is 13.2. The molecule has 0 bridgehead atoms. The summed E-state index contributed by atoms with van der Waals surface area (Å²) in [6.45, 7) is 36.3. The van der Waals surface area contributed by atoms with Crippen molar-refractivity contribution in [1.82, 2.24) is 35.0 Å². The number of rotatable bonds is 13. The van der Waals surface area contributed by atoms with Crippen LogP contribution in [0.5, 0.6) is 0 Å². The number of thiazole rings is 1. The van der Waals surface area contributed by atoms with E-state index in [-0.39, 0.29) is 50.2 Å². The van der Waals surface area contributed by atoms with E-state index in [1.807, 2.05) is 36.4 Å². The summed E-state index contributed by atoms with van der Waals surface area (Å²) in [5.41, 5.74) is 34.0. The van der Waals surface area contributed by atoms with Gasteiger partial charge in [-0.1, -0.05) is 191 Å². The molecular weight excluding hydrogens is 1590 g/mol. The third kappa shape index (κ3) is 14.4. The second kappa shape index (κ2) is 29.8. The van der Waals surface area contributed by atoms with Gasteiger partial charge in [-0.2, -0.15) is 10.2 Å². The summed E-state index contributed by atoms with van der Waals surface area (Å²) in [5.74, 6) is 0. The molecule has 0 amide bonds. The van der Waals surface area contributed by atoms with Crippen LogP contribution in [0.4, 0.5) is 22.7 Å². The molecular formula is C84H83Au2N11S-4. The molecule has 9 aromatic carbocycles. The van der Waals surface area contributed by atoms with Crippen LogP contribution < -0.4 is 19.6 Å². The first kappa shape index (κ1) is 70.6. The van der Waals surface area contributed by atoms with Crippen molar-refractivity contribution in [2.45, 2.75) is 128 Å². The Labute approximate surface area is 614 Å². The maximum atomic E-state index is 5.08. The molecule has 0 spiro atoms. The van der Waals surface area contributed by atoms with E-state index in [1.165, 1.54) is 117 Å². The first-order valence-electron chi connectivity index (χ1n) is 33.3. The van der Waals surface area contributed by atoms with Crippen molar-refractivity contribution in [3.63, 3.8) is 0 Å². The molecule has 3 aliphatic rings. The van der Waals surface area contributed by atoms with Crippen LogP contribution >= 0.6 is 11.3 Å². The van der Waals surface area contributed by atoms with Crippen LogP contribution in [0.1, 0.15) is 116 Å². The van der Waals surface area contributed by atoms with E-state index in [4.69, 9.17) is 4.98 Å². The first-order valence-corrected chi connectivity index (χ1v) is 34.1. The Balaban J connectivity index is 0.000000169. The molecule has 506 valence electrons. The standard InChI is InChI=1S/C42H33N7S.2C21H25N2.2Au/c1-3-42(4-2)35-21-30(38-26-48(46-44-38)24-28-11-7-5-8-12-28)15-18-33(35)34-19-16-32(22-36(34)42)41-43-37-20-17-31(23-40(37)50-41)39-27-49(47-45-39)25-29-13-9-6-10-14-29;2*1-14-9-16(3)20(17(4)10-14)22-7-8-23(13-22)21-18(5)11-15(2)12-19(21)6;;/h5-23H,3-4,24-25H2,1-2H3;2*7-13H,1-6H3;;/q-2;2*-1;;. The number of benzene rings is 9. The molecule has 0 N–H and O–H groups in total. The number of fused-ring (bicyclic) bond motifs is 4. The number of nitrogens with zero attached hydrogens (tertiary/aromatic N) is 11. The zero-order valence-corrected chi connectivity index (χ0v) is 63.5. The van der Waals surface area contributed by atoms with E-state index in [2.05, 4.69) is 315 Å². The molecule has 15 rings (SSSR count). The van der Waals surface area contributed by atoms with Gasteiger partial charge in [0.15, 0.2) is 0 Å². The fourth-order valence-electron chi connectivity index (χ4n) is 15.0. The molecule has 3 aromatic heterocycles. The van der Waals surface area contributed by atoms with Crippen LogP contribution in [0.25, 0.3) is 54.4 Å². The Hall–Kier alpha value is -8.69. The number of aryl methyl sites for hydroxylation is 12. The average Bonchev–Trinajstić information content (AvgIpc) is 1.56. The fraction of sp³-hybridized carbons (Fsp3) is 0.226. The van der Waals surface area contributed by atoms with Crippen LogP contribution in [0.2, 0.25) is 0 Å². The minimum atomic E-state index is -0.109. The predicted octanol–water partition coefficient (Wildman–Crippen LogP) is 20.2. The Bertz CT molecular complexity index is 4580. The Kier molecular flexibility index (Phi) is 21.5. The van der Waals surface area contributed by atoms with Crippen LogP contribution in [0.3, 0.4) is 0 Å². The zero-order valence-electron chi connectivity index (χ0n) is 58.3. The molecule has 0 saturated heterocycles. The average molecular weight is 1670 g/mol. The SMILES string of the molecule is CCC1(CC)c2cc(-c3[c-]n(Cc4ccccc4)nn3)ccc2-c2ccc(-c3nc4ccc(-c5[c-]n(Cc6ccccc6)nn5)cc4s3)cc21.Cc1cc(C)c(N2C=CN(c3c(C)cc(C)cc3C)[CH-]2)c(C)c1.Cc1cc(C)c(N2C=CN(c3c(C)cc(C)cc3C)[CH-]2)c(C)c1.[Au].[Au]. The van der Waals surface area contributed by atoms with Gasteiger partial charge in [0.25, 0.3) is 0 Å². The van der Waals surface area contributed by atoms with Crippen molar-refractivity contribution in [3.8, 4) is 44.2 Å². The van der Waals surface area contributed by atoms with Gasteiger partial charge in [0.05, 0.1) is 5.52 Å². The topological polar surface area (TPSA) is 87.3 Å². The van der Waals surface area contributed by atoms with E-state index < -0.39 is 0 Å². The van der Waals surface area contributed by atoms with Crippen molar-refractivity contribution in [1.29, 1.82) is 0 Å². The third-order valence-corrected chi connectivity index (χ3v) is 20.0. The number of aromatic nitrogens is 7. The van der Waals surface area contributed by atoms with E-state index in [9.17, 15) is 0 Å². The van der Waals surface area contributed by atoms with Crippen molar-refractivity contribution in [2.24, 2.45) is 0 Å². The van der Waals surface area contributed by atoms with E-state index >= 15 is 0 Å². The Morgan fingerprint density at radius 2 is 0.735 bits per heavy atom. The van der Waals surface area contributed by atoms with Gasteiger partial charge in [-0.15, -0.1) is 72.5 Å². The molecule has 0 fully saturated rings. The van der Waals surface area contributed by atoms with Crippen LogP contribution in [0.15, 0.2) is 189 Å². The molecule has 11 nitrogen and oxygen atoms in total. The predicted molar refractivity (Wildman–Crippen MR) is 398 cm³/mol. The molecule has 5 heterocycles. The second-order valence-electron chi connectivity index (χ2n) is 26.3. The smallest absolute Gasteiger partial charge is 0.124 e. The fourth-order valence-corrected chi connectivity index (χ4v) is 16.0. The summed E-state index contributed by atoms with van der Waals surface area (Å²) < 4.78 is 4.67. The van der Waals surface area contributed by atoms with Gasteiger partial charge >= 0.3 is 0 Å². The van der Waals surface area contributed by atoms with Crippen molar-refractivity contribution < 1.29 is 44.8 Å². The summed E-state index contributed by atoms with van der Waals surface area (Å²) in [4.78, 5) is 14.0. The Morgan fingerprint density at radius 3 is 1.10 bits per heavy atom. The molecule has 0 saturated carbocycles. The molecule has 12 aromatic rings. The van der Waals surface area contributed by atoms with Crippen molar-refractivity contribution >= 4 is 44.3 Å². The van der Waals surface area contributed by atoms with E-state index in [1.54, 1.807) is 20.7 Å². The summed E-state index contributed by atoms with van der Waals surface area (Å²) in [7, 11) is 0. The quantitative estimate of drug-likeness (QED) is 0.0827. The zero-order chi connectivity index (χ0) is 67.1. The van der Waals surface area contributed by atoms with Crippen LogP contribution in [0, 0.1) is 109 Å². The first-order chi connectivity index (χ1) is 46.3. The van der Waals surface area contributed by atoms with Gasteiger partial charge in [0.2, 0.25) is 0 Å². The second-order valence-corrected chi connectivity index (χ2v) is 27.4. The van der Waals surface area contributed by atoms with Gasteiger partial charge in [0, 0.05) is 96.3 Å². The maximum Gasteiger partial charge on any atom is 0.124 e. The van der Waals surface area contributed by atoms with Crippen LogP contribution in [-0.2, 0) is 63.3 Å². The summed E-state index contributed by atoms with van der Waals surface area (Å²) in [5, 5.41) is 18.7. The Morgan fingerprint density at radius 1 is 0.398 bits per heavy atom. The van der Waals surface area contributed by atoms with Gasteiger partial charge in [0.1, 0.15) is 5.01 Å². The molecule has 98 heavy (non-hydrogen) atoms.